The van der Waals surface area contributed by atoms with E-state index in [1.165, 1.54) is 35.2 Å². The van der Waals surface area contributed by atoms with E-state index in [9.17, 15) is 9.18 Å². The Kier molecular flexibility index (Phi) is 6.49. The number of anilines is 2. The van der Waals surface area contributed by atoms with Gasteiger partial charge in [-0.3, -0.25) is 4.79 Å². The van der Waals surface area contributed by atoms with Crippen molar-refractivity contribution in [1.29, 1.82) is 0 Å². The lowest BCUT2D eigenvalue weighted by atomic mass is 10.2. The highest BCUT2D eigenvalue weighted by molar-refractivity contribution is 8.01. The molecule has 33 heavy (non-hydrogen) atoms. The summed E-state index contributed by atoms with van der Waals surface area (Å²) in [5, 5.41) is 12.3. The van der Waals surface area contributed by atoms with E-state index in [1.807, 2.05) is 30.3 Å². The molecule has 3 heterocycles. The highest BCUT2D eigenvalue weighted by Gasteiger charge is 2.21. The number of amides is 1. The maximum atomic E-state index is 13.1. The Bertz CT molecular complexity index is 1120. The van der Waals surface area contributed by atoms with Crippen LogP contribution in [0, 0.1) is 5.82 Å². The highest BCUT2D eigenvalue weighted by Crippen LogP contribution is 2.32. The minimum atomic E-state index is -0.224. The number of aromatic nitrogens is 2. The second kappa shape index (κ2) is 9.84. The van der Waals surface area contributed by atoms with Gasteiger partial charge in [0, 0.05) is 38.4 Å². The lowest BCUT2D eigenvalue weighted by Gasteiger charge is -2.35. The van der Waals surface area contributed by atoms with E-state index in [2.05, 4.69) is 25.3 Å². The number of nitrogens with zero attached hydrogens (tertiary/aromatic N) is 4. The molecule has 2 aliphatic rings. The molecule has 1 amide bonds. The standard InChI is InChI=1S/C22H22FN5O3S2/c23-16-2-4-17(5-3-16)27-7-9-28(10-8-27)21-25-26-22(33-21)32-13-20(29)24-12-15-1-6-18-19(11-15)31-14-30-18/h1-6,11H,7-10,12-14H2,(H,24,29). The van der Waals surface area contributed by atoms with Crippen molar-refractivity contribution in [1.82, 2.24) is 15.5 Å². The van der Waals surface area contributed by atoms with Crippen LogP contribution in [0.4, 0.5) is 15.2 Å². The smallest absolute Gasteiger partial charge is 0.231 e. The number of carbonyl (C=O) groups is 1. The molecule has 1 aromatic heterocycles. The summed E-state index contributed by atoms with van der Waals surface area (Å²) in [7, 11) is 0. The molecule has 0 saturated carbocycles. The predicted molar refractivity (Wildman–Crippen MR) is 126 cm³/mol. The van der Waals surface area contributed by atoms with Crippen molar-refractivity contribution >= 4 is 39.8 Å². The van der Waals surface area contributed by atoms with Crippen molar-refractivity contribution in [3.05, 3.63) is 53.8 Å². The van der Waals surface area contributed by atoms with E-state index >= 15 is 0 Å². The summed E-state index contributed by atoms with van der Waals surface area (Å²) in [6.45, 7) is 3.94. The van der Waals surface area contributed by atoms with Crippen molar-refractivity contribution < 1.29 is 18.7 Å². The van der Waals surface area contributed by atoms with Crippen LogP contribution in [0.1, 0.15) is 5.56 Å². The SMILES string of the molecule is O=C(CSc1nnc(N2CCN(c3ccc(F)cc3)CC2)s1)NCc1ccc2c(c1)OCO2. The first-order valence-electron chi connectivity index (χ1n) is 10.5. The summed E-state index contributed by atoms with van der Waals surface area (Å²) in [4.78, 5) is 16.7. The van der Waals surface area contributed by atoms with Gasteiger partial charge in [-0.05, 0) is 42.0 Å². The highest BCUT2D eigenvalue weighted by atomic mass is 32.2. The summed E-state index contributed by atoms with van der Waals surface area (Å²) in [5.41, 5.74) is 1.98. The van der Waals surface area contributed by atoms with Crippen LogP contribution < -0.4 is 24.6 Å². The minimum Gasteiger partial charge on any atom is -0.454 e. The monoisotopic (exact) mass is 487 g/mol. The van der Waals surface area contributed by atoms with E-state index in [0.29, 0.717) is 12.3 Å². The van der Waals surface area contributed by atoms with Crippen LogP contribution in [0.3, 0.4) is 0 Å². The fourth-order valence-electron chi connectivity index (χ4n) is 3.63. The normalized spacial score (nSPS) is 15.1. The third-order valence-electron chi connectivity index (χ3n) is 5.39. The van der Waals surface area contributed by atoms with Crippen LogP contribution in [-0.4, -0.2) is 54.8 Å². The van der Waals surface area contributed by atoms with Gasteiger partial charge in [0.05, 0.1) is 5.75 Å². The van der Waals surface area contributed by atoms with Gasteiger partial charge >= 0.3 is 0 Å². The second-order valence-electron chi connectivity index (χ2n) is 7.55. The number of nitrogens with one attached hydrogen (secondary N) is 1. The van der Waals surface area contributed by atoms with Gasteiger partial charge in [-0.15, -0.1) is 10.2 Å². The summed E-state index contributed by atoms with van der Waals surface area (Å²) in [6, 6.07) is 12.2. The number of hydrogen-bond acceptors (Lipinski definition) is 9. The molecule has 1 N–H and O–H groups in total. The fraction of sp³-hybridized carbons (Fsp3) is 0.318. The van der Waals surface area contributed by atoms with Crippen LogP contribution in [0.2, 0.25) is 0 Å². The van der Waals surface area contributed by atoms with Crippen molar-refractivity contribution in [3.8, 4) is 11.5 Å². The van der Waals surface area contributed by atoms with Crippen LogP contribution in [-0.2, 0) is 11.3 Å². The molecular formula is C22H22FN5O3S2. The van der Waals surface area contributed by atoms with Gasteiger partial charge in [-0.1, -0.05) is 29.2 Å². The zero-order valence-corrected chi connectivity index (χ0v) is 19.3. The zero-order valence-electron chi connectivity index (χ0n) is 17.7. The molecule has 0 spiro atoms. The Balaban J connectivity index is 1.06. The molecule has 8 nitrogen and oxygen atoms in total. The number of piperazine rings is 1. The zero-order chi connectivity index (χ0) is 22.6. The van der Waals surface area contributed by atoms with E-state index in [4.69, 9.17) is 9.47 Å². The molecule has 1 fully saturated rings. The molecule has 0 unspecified atom stereocenters. The number of hydrogen-bond donors (Lipinski definition) is 1. The average Bonchev–Trinajstić information content (AvgIpc) is 3.51. The maximum absolute atomic E-state index is 13.1. The first kappa shape index (κ1) is 21.8. The van der Waals surface area contributed by atoms with Crippen molar-refractivity contribution in [2.75, 3.05) is 48.5 Å². The van der Waals surface area contributed by atoms with E-state index in [0.717, 1.165) is 52.7 Å². The average molecular weight is 488 g/mol. The third-order valence-corrected chi connectivity index (χ3v) is 7.51. The molecule has 0 atom stereocenters. The molecule has 0 bridgehead atoms. The van der Waals surface area contributed by atoms with Crippen LogP contribution >= 0.6 is 23.1 Å². The Hall–Kier alpha value is -3.05. The molecule has 11 heteroatoms. The summed E-state index contributed by atoms with van der Waals surface area (Å²) < 4.78 is 24.6. The number of fused-ring (bicyclic) bond motifs is 1. The fourth-order valence-corrected chi connectivity index (χ4v) is 5.35. The lowest BCUT2D eigenvalue weighted by Crippen LogP contribution is -2.46. The minimum absolute atomic E-state index is 0.0673. The number of benzene rings is 2. The first-order valence-corrected chi connectivity index (χ1v) is 12.3. The molecule has 2 aromatic carbocycles. The number of halogens is 1. The van der Waals surface area contributed by atoms with Crippen molar-refractivity contribution in [2.24, 2.45) is 0 Å². The Morgan fingerprint density at radius 3 is 2.61 bits per heavy atom. The number of ether oxygens (including phenoxy) is 2. The van der Waals surface area contributed by atoms with Gasteiger partial charge in [0.1, 0.15) is 5.82 Å². The van der Waals surface area contributed by atoms with Gasteiger partial charge in [-0.25, -0.2) is 4.39 Å². The molecule has 172 valence electrons. The molecule has 3 aromatic rings. The van der Waals surface area contributed by atoms with Crippen LogP contribution in [0.25, 0.3) is 0 Å². The topological polar surface area (TPSA) is 79.8 Å². The lowest BCUT2D eigenvalue weighted by molar-refractivity contribution is -0.118. The Morgan fingerprint density at radius 1 is 1.03 bits per heavy atom. The van der Waals surface area contributed by atoms with Gasteiger partial charge in [0.2, 0.25) is 17.8 Å². The molecule has 2 aliphatic heterocycles. The number of carbonyl (C=O) groups excluding carboxylic acids is 1. The quantitative estimate of drug-likeness (QED) is 0.510. The van der Waals surface area contributed by atoms with Crippen LogP contribution in [0.15, 0.2) is 46.8 Å². The summed E-state index contributed by atoms with van der Waals surface area (Å²) in [5.74, 6) is 1.41. The largest absolute Gasteiger partial charge is 0.454 e. The molecule has 0 radical (unpaired) electrons. The predicted octanol–water partition coefficient (Wildman–Crippen LogP) is 3.14. The first-order chi connectivity index (χ1) is 16.1. The Morgan fingerprint density at radius 2 is 1.79 bits per heavy atom. The number of rotatable bonds is 7. The Labute approximate surface area is 198 Å². The van der Waals surface area contributed by atoms with E-state index in [-0.39, 0.29) is 24.3 Å². The molecule has 1 saturated heterocycles. The van der Waals surface area contributed by atoms with Crippen LogP contribution in [0.5, 0.6) is 11.5 Å². The van der Waals surface area contributed by atoms with Gasteiger partial charge in [0.15, 0.2) is 15.8 Å². The van der Waals surface area contributed by atoms with Crippen molar-refractivity contribution in [2.45, 2.75) is 10.9 Å². The summed E-state index contributed by atoms with van der Waals surface area (Å²) >= 11 is 2.88. The summed E-state index contributed by atoms with van der Waals surface area (Å²) in [6.07, 6.45) is 0. The van der Waals surface area contributed by atoms with E-state index < -0.39 is 0 Å². The van der Waals surface area contributed by atoms with Gasteiger partial charge in [0.25, 0.3) is 0 Å². The third kappa shape index (κ3) is 5.31. The van der Waals surface area contributed by atoms with Gasteiger partial charge < -0.3 is 24.6 Å². The molecule has 0 aliphatic carbocycles. The second-order valence-corrected chi connectivity index (χ2v) is 9.73. The molecular weight excluding hydrogens is 465 g/mol. The van der Waals surface area contributed by atoms with E-state index in [1.54, 1.807) is 0 Å². The van der Waals surface area contributed by atoms with Crippen molar-refractivity contribution in [3.63, 3.8) is 0 Å². The number of thioether (sulfide) groups is 1. The van der Waals surface area contributed by atoms with Gasteiger partial charge in [-0.2, -0.15) is 0 Å². The molecule has 5 rings (SSSR count). The maximum Gasteiger partial charge on any atom is 0.231 e.